The van der Waals surface area contributed by atoms with Crippen LogP contribution in [0.4, 0.5) is 0 Å². The van der Waals surface area contributed by atoms with Crippen LogP contribution in [0, 0.1) is 5.92 Å². The molecule has 0 bridgehead atoms. The van der Waals surface area contributed by atoms with Gasteiger partial charge in [-0.05, 0) is 81.1 Å². The summed E-state index contributed by atoms with van der Waals surface area (Å²) in [5, 5.41) is 49.0. The van der Waals surface area contributed by atoms with E-state index in [9.17, 15) is 44.1 Å². The lowest BCUT2D eigenvalue weighted by Crippen LogP contribution is -2.62. The van der Waals surface area contributed by atoms with Gasteiger partial charge in [0.05, 0.1) is 36.3 Å². The minimum Gasteiger partial charge on any atom is -0.510 e. The second-order valence-corrected chi connectivity index (χ2v) is 17.1. The van der Waals surface area contributed by atoms with Gasteiger partial charge in [-0.2, -0.15) is 0 Å². The molecule has 22 N–H and O–H groups in total. The van der Waals surface area contributed by atoms with Gasteiger partial charge in [0, 0.05) is 48.9 Å². The minimum atomic E-state index is -2.12. The number of aromatic amines is 1. The number of carbonyl (C=O) groups excluding carboxylic acids is 6. The van der Waals surface area contributed by atoms with Crippen LogP contribution in [-0.4, -0.2) is 135 Å². The van der Waals surface area contributed by atoms with Crippen LogP contribution in [-0.2, 0) is 35.2 Å². The first-order valence-electron chi connectivity index (χ1n) is 22.3. The molecule has 0 spiro atoms. The molecular weight excluding hydrogens is 871 g/mol. The number of guanidine groups is 2. The smallest absolute Gasteiger partial charge is 0.270 e. The normalized spacial score (nSPS) is 19.8. The molecule has 67 heavy (non-hydrogen) atoms. The predicted octanol–water partition coefficient (Wildman–Crippen LogP) is -3.94. The highest BCUT2D eigenvalue weighted by Crippen LogP contribution is 2.62. The topological polar surface area (TPSA) is 432 Å². The molecule has 2 unspecified atom stereocenters. The van der Waals surface area contributed by atoms with Crippen LogP contribution in [0.25, 0.3) is 10.9 Å². The van der Waals surface area contributed by atoms with E-state index < -0.39 is 90.1 Å². The molecule has 0 radical (unpaired) electrons. The molecule has 3 aliphatic carbocycles. The molecular formula is C43H65N15O9. The van der Waals surface area contributed by atoms with Crippen LogP contribution < -0.4 is 66.3 Å². The van der Waals surface area contributed by atoms with Crippen molar-refractivity contribution in [2.45, 2.75) is 119 Å². The van der Waals surface area contributed by atoms with E-state index in [1.807, 2.05) is 30.3 Å². The third-order valence-corrected chi connectivity index (χ3v) is 12.1. The Morgan fingerprint density at radius 1 is 0.806 bits per heavy atom. The van der Waals surface area contributed by atoms with Crippen molar-refractivity contribution >= 4 is 58.3 Å². The van der Waals surface area contributed by atoms with Gasteiger partial charge in [0.2, 0.25) is 35.8 Å². The molecule has 6 amide bonds. The molecule has 24 heteroatoms. The monoisotopic (exact) mass is 936 g/mol. The SMILES string of the molecule is C[C@H](NC1([C@H](CCCN=C(N)N)NC(=O)[C@H](CCC(N)=O)NC(=O)[C@@H](N)CCCN=C(N)N)C2=CCC21)C(=O)N[C@@H](CO)C(=O)N[C@@H](O)C(=O)N[C@@H](Cc1c[nH]c2ccccc12)C(O)=C1CC1. The zero-order valence-electron chi connectivity index (χ0n) is 37.4. The summed E-state index contributed by atoms with van der Waals surface area (Å²) in [7, 11) is 0. The number of carbonyl (C=O) groups is 6. The molecule has 2 aromatic rings. The number of hydrogen-bond donors (Lipinski definition) is 16. The highest BCUT2D eigenvalue weighted by Gasteiger charge is 2.67. The highest BCUT2D eigenvalue weighted by atomic mass is 16.3. The van der Waals surface area contributed by atoms with Gasteiger partial charge in [0.25, 0.3) is 5.91 Å². The molecule has 1 heterocycles. The molecule has 5 rings (SSSR count). The van der Waals surface area contributed by atoms with Crippen LogP contribution in [0.1, 0.15) is 70.3 Å². The number of amides is 6. The van der Waals surface area contributed by atoms with Gasteiger partial charge in [-0.25, -0.2) is 0 Å². The second-order valence-electron chi connectivity index (χ2n) is 17.1. The van der Waals surface area contributed by atoms with Crippen LogP contribution in [0.15, 0.2) is 63.4 Å². The van der Waals surface area contributed by atoms with Crippen molar-refractivity contribution in [3.63, 3.8) is 0 Å². The number of nitrogens with one attached hydrogen (secondary N) is 7. The Morgan fingerprint density at radius 3 is 2.01 bits per heavy atom. The number of allylic oxidation sites excluding steroid dienone is 2. The summed E-state index contributed by atoms with van der Waals surface area (Å²) in [4.78, 5) is 90.4. The molecule has 0 aliphatic heterocycles. The van der Waals surface area contributed by atoms with Crippen LogP contribution in [0.2, 0.25) is 0 Å². The number of H-pyrrole nitrogens is 1. The largest absolute Gasteiger partial charge is 0.510 e. The van der Waals surface area contributed by atoms with Crippen molar-refractivity contribution in [1.29, 1.82) is 0 Å². The fraction of sp³-hybridized carbons (Fsp3) is 0.535. The zero-order valence-corrected chi connectivity index (χ0v) is 37.4. The molecule has 2 saturated carbocycles. The van der Waals surface area contributed by atoms with E-state index in [1.54, 1.807) is 6.20 Å². The van der Waals surface area contributed by atoms with Crippen molar-refractivity contribution < 1.29 is 44.1 Å². The van der Waals surface area contributed by atoms with Crippen molar-refractivity contribution in [1.82, 2.24) is 36.9 Å². The van der Waals surface area contributed by atoms with Gasteiger partial charge in [0.1, 0.15) is 17.8 Å². The van der Waals surface area contributed by atoms with Crippen molar-refractivity contribution in [2.75, 3.05) is 19.7 Å². The number of nitrogens with two attached hydrogens (primary N) is 6. The van der Waals surface area contributed by atoms with E-state index in [-0.39, 0.29) is 68.8 Å². The molecule has 366 valence electrons. The Balaban J connectivity index is 1.24. The molecule has 9 atom stereocenters. The maximum Gasteiger partial charge on any atom is 0.270 e. The summed E-state index contributed by atoms with van der Waals surface area (Å²) in [6.45, 7) is 1.04. The highest BCUT2D eigenvalue weighted by molar-refractivity contribution is 5.93. The fourth-order valence-corrected chi connectivity index (χ4v) is 8.32. The predicted molar refractivity (Wildman–Crippen MR) is 248 cm³/mol. The molecule has 1 aromatic carbocycles. The Kier molecular flexibility index (Phi) is 17.7. The van der Waals surface area contributed by atoms with E-state index in [1.165, 1.54) is 6.92 Å². The van der Waals surface area contributed by atoms with Crippen LogP contribution in [0.5, 0.6) is 0 Å². The lowest BCUT2D eigenvalue weighted by atomic mass is 9.96. The average molecular weight is 936 g/mol. The third kappa shape index (κ3) is 13.7. The van der Waals surface area contributed by atoms with E-state index in [0.29, 0.717) is 32.1 Å². The fourth-order valence-electron chi connectivity index (χ4n) is 8.32. The number of hydrogen-bond acceptors (Lipinski definition) is 13. The van der Waals surface area contributed by atoms with E-state index >= 15 is 0 Å². The molecule has 0 saturated heterocycles. The molecule has 3 aliphatic rings. The number of fused-ring (bicyclic) bond motifs is 2. The van der Waals surface area contributed by atoms with Gasteiger partial charge in [-0.15, -0.1) is 0 Å². The van der Waals surface area contributed by atoms with Gasteiger partial charge in [-0.1, -0.05) is 24.3 Å². The van der Waals surface area contributed by atoms with E-state index in [0.717, 1.165) is 27.6 Å². The Bertz CT molecular complexity index is 2260. The second kappa shape index (κ2) is 23.1. The Morgan fingerprint density at radius 2 is 1.42 bits per heavy atom. The molecule has 24 nitrogen and oxygen atoms in total. The summed E-state index contributed by atoms with van der Waals surface area (Å²) in [5.74, 6) is -5.26. The van der Waals surface area contributed by atoms with E-state index in [2.05, 4.69) is 46.9 Å². The summed E-state index contributed by atoms with van der Waals surface area (Å²) in [5.41, 5.74) is 35.7. The van der Waals surface area contributed by atoms with Crippen LogP contribution >= 0.6 is 0 Å². The molecule has 2 fully saturated rings. The maximum atomic E-state index is 14.1. The first-order chi connectivity index (χ1) is 31.9. The minimum absolute atomic E-state index is 0.0322. The van der Waals surface area contributed by atoms with Gasteiger partial charge < -0.3 is 81.3 Å². The average Bonchev–Trinajstić information content (AvgIpc) is 4.14. The quantitative estimate of drug-likeness (QED) is 0.00967. The summed E-state index contributed by atoms with van der Waals surface area (Å²) in [6, 6.07) is 0.905. The number of nitrogens with zero attached hydrogens (tertiary/aromatic N) is 2. The number of rotatable bonds is 28. The number of benzene rings is 1. The number of primary amides is 1. The summed E-state index contributed by atoms with van der Waals surface area (Å²) >= 11 is 0. The van der Waals surface area contributed by atoms with E-state index in [4.69, 9.17) is 34.4 Å². The van der Waals surface area contributed by atoms with Gasteiger partial charge in [0.15, 0.2) is 11.9 Å². The van der Waals surface area contributed by atoms with Crippen molar-refractivity contribution in [3.05, 3.63) is 59.0 Å². The number of aliphatic hydroxyl groups is 3. The number of aliphatic hydroxyl groups excluding tert-OH is 3. The first-order valence-corrected chi connectivity index (χ1v) is 22.3. The van der Waals surface area contributed by atoms with Gasteiger partial charge in [-0.3, -0.25) is 44.1 Å². The lowest BCUT2D eigenvalue weighted by Gasteiger charge is -2.33. The lowest BCUT2D eigenvalue weighted by molar-refractivity contribution is -0.139. The summed E-state index contributed by atoms with van der Waals surface area (Å²) in [6.07, 6.45) is 4.51. The summed E-state index contributed by atoms with van der Waals surface area (Å²) < 4.78 is 0. The number of aromatic nitrogens is 1. The third-order valence-electron chi connectivity index (χ3n) is 12.1. The Hall–Kier alpha value is -6.76. The molecule has 1 aromatic heterocycles. The number of aliphatic imine (C=N–C) groups is 2. The van der Waals surface area contributed by atoms with Crippen molar-refractivity contribution in [2.24, 2.45) is 50.3 Å². The maximum absolute atomic E-state index is 14.1. The van der Waals surface area contributed by atoms with Crippen LogP contribution in [0.3, 0.4) is 0 Å². The first kappa shape index (κ1) is 51.2. The van der Waals surface area contributed by atoms with Crippen molar-refractivity contribution in [3.8, 4) is 0 Å². The number of para-hydroxylation sites is 1. The van der Waals surface area contributed by atoms with Gasteiger partial charge >= 0.3 is 0 Å². The zero-order chi connectivity index (χ0) is 49.0. The Labute approximate surface area is 386 Å². The standard InChI is InChI=1S/C43H65N15O9/c1-21(35(62)55-31(20-59)38(65)57-40(67)39(66)54-30(34(61)22-10-11-22)18-23-19-52-28-8-3-2-6-24(23)28)58-43(25-12-13-26(25)43)32(9-5-17-51-42(48)49)56-37(64)29(14-15-33(45)60)53-36(63)27(44)7-4-16-50-41(46)47/h2-3,6,8,12,19,21,26-27,29-32,40,52,58-59,61,67H,4-5,7,9-11,13-18,20,44H2,1H3,(H2,45,60)(H,53,63)(H,54,66)(H,55,62)(H,56,64)(H,57,65)(H4,46,47,50)(H4,48,49,51)/t21-,26?,27-,29-,30-,31-,32-,40-,43?/m0/s1.